The SMILES string of the molecule is [Zr][O]CC(C1=CC=CC1)C1=CC=CC1. The summed E-state index contributed by atoms with van der Waals surface area (Å²) in [5.41, 5.74) is 3.00. The van der Waals surface area contributed by atoms with Gasteiger partial charge in [-0.2, -0.15) is 0 Å². The predicted molar refractivity (Wildman–Crippen MR) is 53.1 cm³/mol. The number of hydrogen-bond donors (Lipinski definition) is 0. The van der Waals surface area contributed by atoms with Crippen LogP contribution in [-0.2, 0) is 28.0 Å². The van der Waals surface area contributed by atoms with E-state index in [2.05, 4.69) is 36.5 Å². The first-order valence-electron chi connectivity index (χ1n) is 4.91. The fourth-order valence-corrected chi connectivity index (χ4v) is 2.39. The second kappa shape index (κ2) is 5.04. The van der Waals surface area contributed by atoms with Crippen LogP contribution >= 0.6 is 0 Å². The third kappa shape index (κ3) is 2.24. The van der Waals surface area contributed by atoms with Gasteiger partial charge >= 0.3 is 101 Å². The Bertz CT molecular complexity index is 293. The number of allylic oxidation sites excluding steroid dienone is 6. The van der Waals surface area contributed by atoms with Crippen LogP contribution in [-0.4, -0.2) is 6.61 Å². The fourth-order valence-electron chi connectivity index (χ4n) is 1.98. The van der Waals surface area contributed by atoms with E-state index in [4.69, 9.17) is 2.81 Å². The van der Waals surface area contributed by atoms with Crippen molar-refractivity contribution in [2.45, 2.75) is 12.8 Å². The van der Waals surface area contributed by atoms with Gasteiger partial charge in [0, 0.05) is 0 Å². The molecule has 0 aromatic heterocycles. The minimum atomic E-state index is 0.513. The first kappa shape index (κ1) is 10.3. The minimum absolute atomic E-state index is 0.513. The van der Waals surface area contributed by atoms with Crippen molar-refractivity contribution in [1.82, 2.24) is 0 Å². The van der Waals surface area contributed by atoms with Crippen LogP contribution in [0.4, 0.5) is 0 Å². The molecule has 2 heteroatoms. The summed E-state index contributed by atoms with van der Waals surface area (Å²) >= 11 is 1.17. The molecule has 0 fully saturated rings. The molecular formula is C12H13OZr. The molecule has 2 aliphatic rings. The van der Waals surface area contributed by atoms with Crippen LogP contribution in [0.2, 0.25) is 0 Å². The molecule has 0 atom stereocenters. The third-order valence-corrected chi connectivity index (χ3v) is 3.15. The molecule has 0 amide bonds. The van der Waals surface area contributed by atoms with E-state index in [-0.39, 0.29) is 0 Å². The van der Waals surface area contributed by atoms with Crippen molar-refractivity contribution >= 4 is 0 Å². The number of rotatable bonds is 4. The van der Waals surface area contributed by atoms with E-state index >= 15 is 0 Å². The summed E-state index contributed by atoms with van der Waals surface area (Å²) in [6, 6.07) is 0. The van der Waals surface area contributed by atoms with E-state index in [1.807, 2.05) is 0 Å². The summed E-state index contributed by atoms with van der Waals surface area (Å²) in [7, 11) is 0. The molecule has 0 saturated heterocycles. The van der Waals surface area contributed by atoms with Crippen LogP contribution in [0.3, 0.4) is 0 Å². The first-order valence-corrected chi connectivity index (χ1v) is 5.92. The molecule has 71 valence electrons. The van der Waals surface area contributed by atoms with E-state index < -0.39 is 0 Å². The third-order valence-electron chi connectivity index (χ3n) is 2.75. The molecule has 1 nitrogen and oxygen atoms in total. The van der Waals surface area contributed by atoms with Gasteiger partial charge in [0.2, 0.25) is 0 Å². The van der Waals surface area contributed by atoms with E-state index in [1.54, 1.807) is 0 Å². The Morgan fingerprint density at radius 2 is 1.71 bits per heavy atom. The van der Waals surface area contributed by atoms with E-state index in [0.717, 1.165) is 19.4 Å². The van der Waals surface area contributed by atoms with Gasteiger partial charge in [-0.1, -0.05) is 0 Å². The van der Waals surface area contributed by atoms with Gasteiger partial charge in [0.05, 0.1) is 0 Å². The molecule has 2 aliphatic carbocycles. The summed E-state index contributed by atoms with van der Waals surface area (Å²) in [5.74, 6) is 0.513. The predicted octanol–water partition coefficient (Wildman–Crippen LogP) is 2.85. The Morgan fingerprint density at radius 3 is 2.07 bits per heavy atom. The van der Waals surface area contributed by atoms with Gasteiger partial charge in [-0.05, 0) is 0 Å². The normalized spacial score (nSPS) is 19.1. The molecule has 14 heavy (non-hydrogen) atoms. The van der Waals surface area contributed by atoms with Gasteiger partial charge in [-0.25, -0.2) is 0 Å². The first-order chi connectivity index (χ1) is 6.92. The van der Waals surface area contributed by atoms with Crippen molar-refractivity contribution in [3.8, 4) is 0 Å². The maximum atomic E-state index is 5.38. The van der Waals surface area contributed by atoms with Gasteiger partial charge in [-0.3, -0.25) is 0 Å². The second-order valence-corrected chi connectivity index (χ2v) is 4.32. The molecule has 0 N–H and O–H groups in total. The van der Waals surface area contributed by atoms with Crippen LogP contribution in [0.1, 0.15) is 12.8 Å². The second-order valence-electron chi connectivity index (χ2n) is 3.61. The topological polar surface area (TPSA) is 9.23 Å². The van der Waals surface area contributed by atoms with Crippen LogP contribution in [0, 0.1) is 5.92 Å². The van der Waals surface area contributed by atoms with Gasteiger partial charge in [0.15, 0.2) is 0 Å². The van der Waals surface area contributed by atoms with Crippen molar-refractivity contribution < 1.29 is 28.0 Å². The van der Waals surface area contributed by atoms with Crippen LogP contribution < -0.4 is 0 Å². The monoisotopic (exact) mass is 263 g/mol. The quantitative estimate of drug-likeness (QED) is 0.759. The van der Waals surface area contributed by atoms with Crippen LogP contribution in [0.5, 0.6) is 0 Å². The zero-order valence-electron chi connectivity index (χ0n) is 8.07. The molecule has 0 radical (unpaired) electrons. The average molecular weight is 264 g/mol. The van der Waals surface area contributed by atoms with Gasteiger partial charge in [-0.15, -0.1) is 0 Å². The Labute approximate surface area is 101 Å². The molecule has 0 aliphatic heterocycles. The van der Waals surface area contributed by atoms with E-state index in [1.165, 1.54) is 36.3 Å². The van der Waals surface area contributed by atoms with Crippen molar-refractivity contribution in [2.75, 3.05) is 6.61 Å². The number of hydrogen-bond acceptors (Lipinski definition) is 1. The summed E-state index contributed by atoms with van der Waals surface area (Å²) < 4.78 is 5.38. The molecule has 0 bridgehead atoms. The molecule has 0 spiro atoms. The summed E-state index contributed by atoms with van der Waals surface area (Å²) in [4.78, 5) is 0. The van der Waals surface area contributed by atoms with Crippen LogP contribution in [0.15, 0.2) is 47.6 Å². The van der Waals surface area contributed by atoms with E-state index in [9.17, 15) is 0 Å². The Morgan fingerprint density at radius 1 is 1.14 bits per heavy atom. The molecule has 2 rings (SSSR count). The molecule has 0 aromatic carbocycles. The van der Waals surface area contributed by atoms with Gasteiger partial charge < -0.3 is 0 Å². The fraction of sp³-hybridized carbons (Fsp3) is 0.333. The van der Waals surface area contributed by atoms with Gasteiger partial charge in [0.1, 0.15) is 0 Å². The summed E-state index contributed by atoms with van der Waals surface area (Å²) in [6.07, 6.45) is 15.4. The molecule has 0 unspecified atom stereocenters. The van der Waals surface area contributed by atoms with Crippen molar-refractivity contribution in [1.29, 1.82) is 0 Å². The standard InChI is InChI=1S/C12H13O.Zr/c13-9-12(10-5-1-2-6-10)11-7-3-4-8-11;/h1-5,7,12H,6,8-9H2;/q-1;+1. The summed E-state index contributed by atoms with van der Waals surface area (Å²) in [6.45, 7) is 0.847. The summed E-state index contributed by atoms with van der Waals surface area (Å²) in [5, 5.41) is 0. The molecule has 0 aromatic rings. The molecule has 0 heterocycles. The molecular weight excluding hydrogens is 251 g/mol. The van der Waals surface area contributed by atoms with Gasteiger partial charge in [0.25, 0.3) is 0 Å². The van der Waals surface area contributed by atoms with Crippen molar-refractivity contribution in [2.24, 2.45) is 5.92 Å². The van der Waals surface area contributed by atoms with E-state index in [0.29, 0.717) is 5.92 Å². The average Bonchev–Trinajstić information content (AvgIpc) is 2.87. The van der Waals surface area contributed by atoms with Crippen molar-refractivity contribution in [3.05, 3.63) is 47.6 Å². The Balaban J connectivity index is 2.07. The zero-order chi connectivity index (χ0) is 9.80. The Hall–Kier alpha value is -0.197. The van der Waals surface area contributed by atoms with Crippen molar-refractivity contribution in [3.63, 3.8) is 0 Å². The zero-order valence-corrected chi connectivity index (χ0v) is 10.5. The maximum absolute atomic E-state index is 5.38. The van der Waals surface area contributed by atoms with Crippen LogP contribution in [0.25, 0.3) is 0 Å². The molecule has 0 saturated carbocycles. The Kier molecular flexibility index (Phi) is 3.72.